The first-order valence-electron chi connectivity index (χ1n) is 8.12. The van der Waals surface area contributed by atoms with Crippen LogP contribution in [-0.4, -0.2) is 39.8 Å². The Hall–Kier alpha value is -2.73. The van der Waals surface area contributed by atoms with Crippen molar-refractivity contribution in [3.05, 3.63) is 60.1 Å². The molecule has 1 aliphatic heterocycles. The highest BCUT2D eigenvalue weighted by atomic mass is 35.5. The van der Waals surface area contributed by atoms with Gasteiger partial charge in [-0.1, -0.05) is 11.6 Å². The number of nitrogens with zero attached hydrogens (tertiary/aromatic N) is 5. The summed E-state index contributed by atoms with van der Waals surface area (Å²) in [5.41, 5.74) is 2.81. The van der Waals surface area contributed by atoms with E-state index in [9.17, 15) is 0 Å². The van der Waals surface area contributed by atoms with Gasteiger partial charge in [0.25, 0.3) is 0 Å². The number of hydrogen-bond donors (Lipinski definition) is 1. The van der Waals surface area contributed by atoms with E-state index in [0.717, 1.165) is 42.4 Å². The summed E-state index contributed by atoms with van der Waals surface area (Å²) < 4.78 is 0. The van der Waals surface area contributed by atoms with Crippen LogP contribution >= 0.6 is 11.6 Å². The Morgan fingerprint density at radius 3 is 2.52 bits per heavy atom. The van der Waals surface area contributed by atoms with Crippen LogP contribution in [-0.2, 0) is 0 Å². The molecular weight excluding hydrogens is 336 g/mol. The molecule has 1 aliphatic rings. The maximum absolute atomic E-state index is 6.10. The van der Waals surface area contributed by atoms with Gasteiger partial charge in [-0.3, -0.25) is 9.97 Å². The van der Waals surface area contributed by atoms with Gasteiger partial charge in [-0.2, -0.15) is 0 Å². The van der Waals surface area contributed by atoms with E-state index < -0.39 is 0 Å². The Morgan fingerprint density at radius 1 is 1.00 bits per heavy atom. The summed E-state index contributed by atoms with van der Waals surface area (Å²) in [5, 5.41) is 12.7. The zero-order valence-corrected chi connectivity index (χ0v) is 14.3. The molecule has 0 radical (unpaired) electrons. The summed E-state index contributed by atoms with van der Waals surface area (Å²) in [6, 6.07) is 9.77. The summed E-state index contributed by atoms with van der Waals surface area (Å²) >= 11 is 6.10. The van der Waals surface area contributed by atoms with Crippen LogP contribution < -0.4 is 10.2 Å². The van der Waals surface area contributed by atoms with Crippen molar-refractivity contribution in [3.63, 3.8) is 0 Å². The van der Waals surface area contributed by atoms with E-state index in [1.807, 2.05) is 30.3 Å². The topological polar surface area (TPSA) is 66.8 Å². The smallest absolute Gasteiger partial charge is 0.151 e. The monoisotopic (exact) mass is 352 g/mol. The Bertz CT molecular complexity index is 834. The molecule has 0 unspecified atom stereocenters. The summed E-state index contributed by atoms with van der Waals surface area (Å²) in [6.45, 7) is 2.79. The van der Waals surface area contributed by atoms with E-state index in [-0.39, 0.29) is 0 Å². The van der Waals surface area contributed by atoms with E-state index >= 15 is 0 Å². The molecule has 7 heteroatoms. The molecule has 0 aliphatic carbocycles. The van der Waals surface area contributed by atoms with Gasteiger partial charge in [0.15, 0.2) is 5.82 Å². The zero-order chi connectivity index (χ0) is 17.1. The summed E-state index contributed by atoms with van der Waals surface area (Å²) in [4.78, 5) is 10.2. The van der Waals surface area contributed by atoms with Gasteiger partial charge in [0.1, 0.15) is 0 Å². The SMILES string of the molecule is Clc1cnccc1NCC1CN(c2ccc(-c3ccncc3)nn2)C1. The highest BCUT2D eigenvalue weighted by molar-refractivity contribution is 6.33. The van der Waals surface area contributed by atoms with Crippen LogP contribution in [0.4, 0.5) is 11.5 Å². The lowest BCUT2D eigenvalue weighted by atomic mass is 10.00. The molecule has 0 saturated carbocycles. The van der Waals surface area contributed by atoms with Crippen molar-refractivity contribution in [3.8, 4) is 11.3 Å². The maximum Gasteiger partial charge on any atom is 0.151 e. The first-order chi connectivity index (χ1) is 12.3. The van der Waals surface area contributed by atoms with E-state index in [1.165, 1.54) is 0 Å². The second-order valence-corrected chi connectivity index (χ2v) is 6.43. The number of aromatic nitrogens is 4. The number of pyridine rings is 2. The normalized spacial score (nSPS) is 14.2. The van der Waals surface area contributed by atoms with Gasteiger partial charge in [0, 0.05) is 55.9 Å². The Kier molecular flexibility index (Phi) is 4.43. The molecule has 1 fully saturated rings. The standard InChI is InChI=1S/C18H17ClN6/c19-15-10-21-8-5-17(15)22-9-13-11-25(12-13)18-2-1-16(23-24-18)14-3-6-20-7-4-14/h1-8,10,13H,9,11-12H2,(H,21,22). The van der Waals surface area contributed by atoms with E-state index in [4.69, 9.17) is 11.6 Å². The average molecular weight is 353 g/mol. The molecule has 3 aromatic heterocycles. The minimum Gasteiger partial charge on any atom is -0.383 e. The molecular formula is C18H17ClN6. The first kappa shape index (κ1) is 15.8. The molecule has 25 heavy (non-hydrogen) atoms. The Balaban J connectivity index is 1.31. The molecule has 0 atom stereocenters. The molecule has 0 spiro atoms. The van der Waals surface area contributed by atoms with Gasteiger partial charge in [0.2, 0.25) is 0 Å². The van der Waals surface area contributed by atoms with Crippen LogP contribution in [0, 0.1) is 5.92 Å². The van der Waals surface area contributed by atoms with Crippen LogP contribution in [0.1, 0.15) is 0 Å². The van der Waals surface area contributed by atoms with Crippen molar-refractivity contribution in [2.24, 2.45) is 5.92 Å². The number of rotatable bonds is 5. The van der Waals surface area contributed by atoms with Crippen molar-refractivity contribution in [1.29, 1.82) is 0 Å². The number of hydrogen-bond acceptors (Lipinski definition) is 6. The third kappa shape index (κ3) is 3.53. The fourth-order valence-corrected chi connectivity index (χ4v) is 3.02. The summed E-state index contributed by atoms with van der Waals surface area (Å²) in [7, 11) is 0. The predicted octanol–water partition coefficient (Wildman–Crippen LogP) is 3.14. The van der Waals surface area contributed by atoms with Crippen molar-refractivity contribution in [2.75, 3.05) is 29.9 Å². The molecule has 1 N–H and O–H groups in total. The van der Waals surface area contributed by atoms with Crippen LogP contribution in [0.15, 0.2) is 55.1 Å². The van der Waals surface area contributed by atoms with Gasteiger partial charge in [0.05, 0.1) is 16.4 Å². The molecule has 4 rings (SSSR count). The second-order valence-electron chi connectivity index (χ2n) is 6.02. The third-order valence-electron chi connectivity index (χ3n) is 4.26. The lowest BCUT2D eigenvalue weighted by molar-refractivity contribution is 0.425. The van der Waals surface area contributed by atoms with Crippen molar-refractivity contribution in [1.82, 2.24) is 20.2 Å². The van der Waals surface area contributed by atoms with Gasteiger partial charge in [-0.15, -0.1) is 10.2 Å². The highest BCUT2D eigenvalue weighted by Gasteiger charge is 2.27. The molecule has 4 heterocycles. The minimum absolute atomic E-state index is 0.561. The van der Waals surface area contributed by atoms with Gasteiger partial charge in [-0.25, -0.2) is 0 Å². The summed E-state index contributed by atoms with van der Waals surface area (Å²) in [5.74, 6) is 1.47. The van der Waals surface area contributed by atoms with Crippen molar-refractivity contribution in [2.45, 2.75) is 0 Å². The fraction of sp³-hybridized carbons (Fsp3) is 0.222. The number of anilines is 2. The lowest BCUT2D eigenvalue weighted by Gasteiger charge is -2.40. The minimum atomic E-state index is 0.561. The van der Waals surface area contributed by atoms with Crippen molar-refractivity contribution < 1.29 is 0 Å². The first-order valence-corrected chi connectivity index (χ1v) is 8.50. The van der Waals surface area contributed by atoms with Crippen LogP contribution in [0.2, 0.25) is 5.02 Å². The Labute approximate surface area is 150 Å². The molecule has 0 aromatic carbocycles. The average Bonchev–Trinajstić information content (AvgIpc) is 2.63. The van der Waals surface area contributed by atoms with Crippen molar-refractivity contribution >= 4 is 23.1 Å². The molecule has 6 nitrogen and oxygen atoms in total. The largest absolute Gasteiger partial charge is 0.383 e. The summed E-state index contributed by atoms with van der Waals surface area (Å²) in [6.07, 6.45) is 6.90. The van der Waals surface area contributed by atoms with Crippen LogP contribution in [0.5, 0.6) is 0 Å². The Morgan fingerprint density at radius 2 is 1.80 bits per heavy atom. The fourth-order valence-electron chi connectivity index (χ4n) is 2.83. The van der Waals surface area contributed by atoms with E-state index in [1.54, 1.807) is 24.8 Å². The maximum atomic E-state index is 6.10. The number of halogens is 1. The quantitative estimate of drug-likeness (QED) is 0.761. The van der Waals surface area contributed by atoms with E-state index in [0.29, 0.717) is 10.9 Å². The van der Waals surface area contributed by atoms with Gasteiger partial charge in [-0.05, 0) is 30.3 Å². The molecule has 0 bridgehead atoms. The zero-order valence-electron chi connectivity index (χ0n) is 13.5. The predicted molar refractivity (Wildman–Crippen MR) is 98.7 cm³/mol. The lowest BCUT2D eigenvalue weighted by Crippen LogP contribution is -2.50. The molecule has 3 aromatic rings. The second kappa shape index (κ2) is 7.03. The highest BCUT2D eigenvalue weighted by Crippen LogP contribution is 2.25. The van der Waals surface area contributed by atoms with E-state index in [2.05, 4.69) is 30.4 Å². The molecule has 1 saturated heterocycles. The van der Waals surface area contributed by atoms with Crippen LogP contribution in [0.3, 0.4) is 0 Å². The molecule has 0 amide bonds. The van der Waals surface area contributed by atoms with Crippen LogP contribution in [0.25, 0.3) is 11.3 Å². The molecule has 126 valence electrons. The number of nitrogens with one attached hydrogen (secondary N) is 1. The van der Waals surface area contributed by atoms with Gasteiger partial charge >= 0.3 is 0 Å². The van der Waals surface area contributed by atoms with Gasteiger partial charge < -0.3 is 10.2 Å². The third-order valence-corrected chi connectivity index (χ3v) is 4.56.